The van der Waals surface area contributed by atoms with E-state index in [1.165, 1.54) is 17.7 Å². The van der Waals surface area contributed by atoms with Crippen molar-refractivity contribution in [3.05, 3.63) is 35.0 Å². The number of esters is 2. The molecular weight excluding hydrogens is 351 g/mol. The molecule has 0 unspecified atom stereocenters. The van der Waals surface area contributed by atoms with Crippen LogP contribution in [0.15, 0.2) is 18.2 Å². The van der Waals surface area contributed by atoms with Crippen LogP contribution in [-0.4, -0.2) is 28.7 Å². The molecule has 0 N–H and O–H groups in total. The third-order valence-electron chi connectivity index (χ3n) is 3.59. The summed E-state index contributed by atoms with van der Waals surface area (Å²) in [6, 6.07) is 3.14. The van der Waals surface area contributed by atoms with Crippen LogP contribution in [0.3, 0.4) is 0 Å². The van der Waals surface area contributed by atoms with Crippen molar-refractivity contribution in [2.24, 2.45) is 7.05 Å². The van der Waals surface area contributed by atoms with Gasteiger partial charge < -0.3 is 14.0 Å². The van der Waals surface area contributed by atoms with E-state index in [9.17, 15) is 22.8 Å². The number of hydrogen-bond acceptors (Lipinski definition) is 4. The molecule has 8 heteroatoms. The molecule has 0 aliphatic heterocycles. The third-order valence-corrected chi connectivity index (χ3v) is 3.59. The smallest absolute Gasteiger partial charge is 0.417 e. The molecule has 0 spiro atoms. The summed E-state index contributed by atoms with van der Waals surface area (Å²) in [6.45, 7) is 6.55. The van der Waals surface area contributed by atoms with Gasteiger partial charge in [0.15, 0.2) is 0 Å². The van der Waals surface area contributed by atoms with Gasteiger partial charge in [-0.25, -0.2) is 9.59 Å². The summed E-state index contributed by atoms with van der Waals surface area (Å²) in [6.07, 6.45) is -4.70. The van der Waals surface area contributed by atoms with Crippen LogP contribution in [-0.2, 0) is 22.7 Å². The minimum atomic E-state index is -4.70. The maximum absolute atomic E-state index is 13.5. The Kier molecular flexibility index (Phi) is 5.07. The van der Waals surface area contributed by atoms with Gasteiger partial charge in [0.2, 0.25) is 0 Å². The van der Waals surface area contributed by atoms with Gasteiger partial charge in [-0.3, -0.25) is 0 Å². The largest absolute Gasteiger partial charge is 0.461 e. The lowest BCUT2D eigenvalue weighted by molar-refractivity contribution is -0.136. The van der Waals surface area contributed by atoms with Gasteiger partial charge in [0.1, 0.15) is 11.3 Å². The quantitative estimate of drug-likeness (QED) is 0.754. The molecule has 0 saturated heterocycles. The van der Waals surface area contributed by atoms with Gasteiger partial charge >= 0.3 is 18.1 Å². The predicted octanol–water partition coefficient (Wildman–Crippen LogP) is 4.33. The first-order valence-corrected chi connectivity index (χ1v) is 7.96. The third kappa shape index (κ3) is 4.00. The number of hydrogen-bond donors (Lipinski definition) is 0. The van der Waals surface area contributed by atoms with E-state index < -0.39 is 29.3 Å². The van der Waals surface area contributed by atoms with Gasteiger partial charge in [0.25, 0.3) is 0 Å². The zero-order chi connectivity index (χ0) is 19.9. The number of ether oxygens (including phenoxy) is 2. The van der Waals surface area contributed by atoms with E-state index in [-0.39, 0.29) is 28.8 Å². The Morgan fingerprint density at radius 2 is 1.69 bits per heavy atom. The average molecular weight is 371 g/mol. The topological polar surface area (TPSA) is 57.5 Å². The highest BCUT2D eigenvalue weighted by atomic mass is 19.4. The van der Waals surface area contributed by atoms with Crippen LogP contribution in [0.4, 0.5) is 13.2 Å². The van der Waals surface area contributed by atoms with Gasteiger partial charge in [-0.15, -0.1) is 0 Å². The summed E-state index contributed by atoms with van der Waals surface area (Å²) in [5.41, 5.74) is -2.05. The number of fused-ring (bicyclic) bond motifs is 1. The fourth-order valence-electron chi connectivity index (χ4n) is 2.52. The van der Waals surface area contributed by atoms with Crippen molar-refractivity contribution in [2.75, 3.05) is 6.61 Å². The Balaban J connectivity index is 2.70. The minimum Gasteiger partial charge on any atom is -0.461 e. The lowest BCUT2D eigenvalue weighted by Gasteiger charge is -2.20. The molecule has 0 aliphatic rings. The molecule has 0 atom stereocenters. The maximum atomic E-state index is 13.5. The molecule has 26 heavy (non-hydrogen) atoms. The zero-order valence-electron chi connectivity index (χ0n) is 15.2. The van der Waals surface area contributed by atoms with E-state index in [1.54, 1.807) is 27.7 Å². The van der Waals surface area contributed by atoms with Gasteiger partial charge in [0, 0.05) is 18.0 Å². The first-order valence-electron chi connectivity index (χ1n) is 7.96. The van der Waals surface area contributed by atoms with Crippen molar-refractivity contribution >= 4 is 22.8 Å². The van der Waals surface area contributed by atoms with Crippen LogP contribution in [0.1, 0.15) is 54.1 Å². The molecule has 0 aliphatic carbocycles. The van der Waals surface area contributed by atoms with Crippen molar-refractivity contribution in [1.29, 1.82) is 0 Å². The molecule has 1 aromatic heterocycles. The number of nitrogens with zero attached hydrogens (tertiary/aromatic N) is 1. The van der Waals surface area contributed by atoms with Crippen LogP contribution >= 0.6 is 0 Å². The van der Waals surface area contributed by atoms with Crippen LogP contribution in [0.2, 0.25) is 0 Å². The van der Waals surface area contributed by atoms with E-state index in [2.05, 4.69) is 0 Å². The molecule has 0 fully saturated rings. The van der Waals surface area contributed by atoms with Gasteiger partial charge in [0.05, 0.1) is 17.7 Å². The van der Waals surface area contributed by atoms with Gasteiger partial charge in [-0.2, -0.15) is 13.2 Å². The van der Waals surface area contributed by atoms with E-state index in [4.69, 9.17) is 9.47 Å². The molecule has 1 aromatic carbocycles. The number of alkyl halides is 3. The summed E-state index contributed by atoms with van der Waals surface area (Å²) in [5.74, 6) is -1.61. The average Bonchev–Trinajstić information content (AvgIpc) is 2.81. The Labute approximate surface area is 148 Å². The lowest BCUT2D eigenvalue weighted by Crippen LogP contribution is -2.24. The van der Waals surface area contributed by atoms with Crippen LogP contribution in [0.5, 0.6) is 0 Å². The van der Waals surface area contributed by atoms with E-state index >= 15 is 0 Å². The van der Waals surface area contributed by atoms with Gasteiger partial charge in [-0.1, -0.05) is 0 Å². The second kappa shape index (κ2) is 6.66. The summed E-state index contributed by atoms with van der Waals surface area (Å²) >= 11 is 0. The molecule has 2 rings (SSSR count). The highest BCUT2D eigenvalue weighted by Gasteiger charge is 2.35. The fraction of sp³-hybridized carbons (Fsp3) is 0.444. The number of aryl methyl sites for hydroxylation is 1. The van der Waals surface area contributed by atoms with E-state index in [0.717, 1.165) is 12.1 Å². The van der Waals surface area contributed by atoms with Crippen molar-refractivity contribution in [3.8, 4) is 0 Å². The SMILES string of the molecule is CCOC(=O)c1cc2c(C(F)(F)F)cc(C(=O)OC(C)(C)C)cc2n1C. The molecular formula is C18H20F3NO4. The van der Waals surface area contributed by atoms with Crippen molar-refractivity contribution in [3.63, 3.8) is 0 Å². The zero-order valence-corrected chi connectivity index (χ0v) is 15.2. The minimum absolute atomic E-state index is 0.0336. The molecule has 2 aromatic rings. The number of carbonyl (C=O) groups excluding carboxylic acids is 2. The molecule has 0 amide bonds. The Bertz CT molecular complexity index is 860. The van der Waals surface area contributed by atoms with Crippen LogP contribution < -0.4 is 0 Å². The molecule has 1 heterocycles. The standard InChI is InChI=1S/C18H20F3NO4/c1-6-25-16(24)14-9-11-12(18(19,20)21)7-10(8-13(11)22(14)5)15(23)26-17(2,3)4/h7-9H,6H2,1-5H3. The normalized spacial score (nSPS) is 12.3. The van der Waals surface area contributed by atoms with Crippen LogP contribution in [0, 0.1) is 0 Å². The maximum Gasteiger partial charge on any atom is 0.417 e. The first-order chi connectivity index (χ1) is 11.8. The summed E-state index contributed by atoms with van der Waals surface area (Å²) < 4.78 is 51.8. The summed E-state index contributed by atoms with van der Waals surface area (Å²) in [4.78, 5) is 24.2. The Morgan fingerprint density at radius 1 is 1.08 bits per heavy atom. The fourth-order valence-corrected chi connectivity index (χ4v) is 2.52. The molecule has 0 bridgehead atoms. The number of carbonyl (C=O) groups is 2. The molecule has 142 valence electrons. The first kappa shape index (κ1) is 19.8. The Morgan fingerprint density at radius 3 is 2.19 bits per heavy atom. The Hall–Kier alpha value is -2.51. The highest BCUT2D eigenvalue weighted by molar-refractivity contribution is 6.01. The lowest BCUT2D eigenvalue weighted by atomic mass is 10.0. The molecule has 0 radical (unpaired) electrons. The molecule has 5 nitrogen and oxygen atoms in total. The van der Waals surface area contributed by atoms with Crippen LogP contribution in [0.25, 0.3) is 10.9 Å². The van der Waals surface area contributed by atoms with Crippen molar-refractivity contribution < 1.29 is 32.2 Å². The number of aromatic nitrogens is 1. The highest BCUT2D eigenvalue weighted by Crippen LogP contribution is 2.37. The second-order valence-electron chi connectivity index (χ2n) is 6.77. The number of rotatable bonds is 3. The number of benzene rings is 1. The predicted molar refractivity (Wildman–Crippen MR) is 89.0 cm³/mol. The monoisotopic (exact) mass is 371 g/mol. The van der Waals surface area contributed by atoms with Crippen molar-refractivity contribution in [1.82, 2.24) is 4.57 Å². The molecule has 0 saturated carbocycles. The second-order valence-corrected chi connectivity index (χ2v) is 6.77. The van der Waals surface area contributed by atoms with Crippen molar-refractivity contribution in [2.45, 2.75) is 39.5 Å². The van der Waals surface area contributed by atoms with Gasteiger partial charge in [-0.05, 0) is 45.9 Å². The summed E-state index contributed by atoms with van der Waals surface area (Å²) in [7, 11) is 1.44. The number of halogens is 3. The van der Waals surface area contributed by atoms with E-state index in [0.29, 0.717) is 0 Å². The summed E-state index contributed by atoms with van der Waals surface area (Å²) in [5, 5.41) is -0.185. The van der Waals surface area contributed by atoms with E-state index in [1.807, 2.05) is 0 Å².